The molecule has 1 aliphatic rings. The fourth-order valence-corrected chi connectivity index (χ4v) is 4.22. The van der Waals surface area contributed by atoms with Gasteiger partial charge in [0, 0.05) is 29.1 Å². The van der Waals surface area contributed by atoms with Gasteiger partial charge in [-0.05, 0) is 69.1 Å². The average molecular weight is 475 g/mol. The normalized spacial score (nSPS) is 15.9. The van der Waals surface area contributed by atoms with Crippen LogP contribution in [0.3, 0.4) is 0 Å². The molecule has 35 heavy (non-hydrogen) atoms. The fraction of sp³-hybridized carbons (Fsp3) is 0.308. The largest absolute Gasteiger partial charge is 0.472 e. The van der Waals surface area contributed by atoms with Crippen LogP contribution in [0, 0.1) is 5.82 Å². The van der Waals surface area contributed by atoms with Crippen molar-refractivity contribution in [3.63, 3.8) is 0 Å². The van der Waals surface area contributed by atoms with Gasteiger partial charge in [0.15, 0.2) is 0 Å². The number of carbonyl (C=O) groups excluding carboxylic acids is 1. The van der Waals surface area contributed by atoms with Gasteiger partial charge in [-0.25, -0.2) is 9.37 Å². The van der Waals surface area contributed by atoms with Crippen molar-refractivity contribution in [1.29, 1.82) is 0 Å². The third-order valence-electron chi connectivity index (χ3n) is 5.92. The molecular weight excluding hydrogens is 447 g/mol. The minimum absolute atomic E-state index is 0.0175. The Bertz CT molecular complexity index is 1360. The number of hydrogen-bond donors (Lipinski definition) is 3. The first-order valence-corrected chi connectivity index (χ1v) is 11.8. The lowest BCUT2D eigenvalue weighted by molar-refractivity contribution is 0.0943. The molecule has 9 heteroatoms. The van der Waals surface area contributed by atoms with Crippen molar-refractivity contribution in [3.8, 4) is 28.4 Å². The van der Waals surface area contributed by atoms with E-state index in [1.807, 2.05) is 26.0 Å². The summed E-state index contributed by atoms with van der Waals surface area (Å²) < 4.78 is 20.8. The molecule has 1 aliphatic heterocycles. The number of nitrogens with zero attached hydrogens (tertiary/aromatic N) is 3. The van der Waals surface area contributed by atoms with E-state index in [9.17, 15) is 9.18 Å². The predicted octanol–water partition coefficient (Wildman–Crippen LogP) is 4.10. The zero-order valence-corrected chi connectivity index (χ0v) is 19.6. The number of nitrogens with one attached hydrogen (secondary N) is 3. The van der Waals surface area contributed by atoms with E-state index < -0.39 is 5.82 Å². The predicted molar refractivity (Wildman–Crippen MR) is 132 cm³/mol. The summed E-state index contributed by atoms with van der Waals surface area (Å²) in [6.45, 7) is 5.54. The van der Waals surface area contributed by atoms with Crippen molar-refractivity contribution in [2.24, 2.45) is 0 Å². The van der Waals surface area contributed by atoms with Gasteiger partial charge >= 0.3 is 0 Å². The number of aromatic amines is 1. The Kier molecular flexibility index (Phi) is 6.41. The second kappa shape index (κ2) is 9.79. The zero-order chi connectivity index (χ0) is 24.4. The number of H-pyrrole nitrogens is 1. The third-order valence-corrected chi connectivity index (χ3v) is 5.92. The molecule has 1 amide bonds. The maximum atomic E-state index is 14.8. The van der Waals surface area contributed by atoms with Gasteiger partial charge < -0.3 is 15.4 Å². The number of fused-ring (bicyclic) bond motifs is 1. The van der Waals surface area contributed by atoms with E-state index in [4.69, 9.17) is 4.74 Å². The smallest absolute Gasteiger partial charge is 0.251 e. The summed E-state index contributed by atoms with van der Waals surface area (Å²) >= 11 is 0. The van der Waals surface area contributed by atoms with Gasteiger partial charge in [-0.15, -0.1) is 0 Å². The molecule has 0 radical (unpaired) electrons. The minimum Gasteiger partial charge on any atom is -0.472 e. The third kappa shape index (κ3) is 5.00. The van der Waals surface area contributed by atoms with Crippen LogP contribution in [-0.2, 0) is 0 Å². The standard InChI is InChI=1S/C26H27FN6O2/c1-15(2)30-26(34)17-5-7-21(27)19(11-17)16-6-8-22-20(10-16)25(33-32-22)23-13-29-14-24(31-23)35-18-4-3-9-28-12-18/h5-8,10-11,13-15,18,28H,3-4,9,12H2,1-2H3,(H,30,34)(H,32,33)/t18-/m1/s1. The molecule has 1 fully saturated rings. The van der Waals surface area contributed by atoms with Crippen LogP contribution in [-0.4, -0.2) is 51.3 Å². The van der Waals surface area contributed by atoms with Crippen molar-refractivity contribution in [2.75, 3.05) is 13.1 Å². The average Bonchev–Trinajstić information content (AvgIpc) is 3.28. The van der Waals surface area contributed by atoms with Crippen LogP contribution in [0.15, 0.2) is 48.8 Å². The molecule has 0 bridgehead atoms. The maximum absolute atomic E-state index is 14.8. The van der Waals surface area contributed by atoms with Crippen molar-refractivity contribution >= 4 is 16.8 Å². The number of aromatic nitrogens is 4. The Balaban J connectivity index is 1.48. The van der Waals surface area contributed by atoms with E-state index >= 15 is 0 Å². The van der Waals surface area contributed by atoms with Crippen LogP contribution in [0.2, 0.25) is 0 Å². The lowest BCUT2D eigenvalue weighted by Gasteiger charge is -2.23. The van der Waals surface area contributed by atoms with Crippen LogP contribution >= 0.6 is 0 Å². The molecule has 8 nitrogen and oxygen atoms in total. The lowest BCUT2D eigenvalue weighted by Crippen LogP contribution is -2.37. The van der Waals surface area contributed by atoms with Gasteiger partial charge in [-0.1, -0.05) is 6.07 Å². The fourth-order valence-electron chi connectivity index (χ4n) is 4.22. The second-order valence-corrected chi connectivity index (χ2v) is 8.98. The Morgan fingerprint density at radius 2 is 2.09 bits per heavy atom. The molecule has 0 spiro atoms. The molecule has 1 atom stereocenters. The first-order valence-electron chi connectivity index (χ1n) is 11.8. The number of hydrogen-bond acceptors (Lipinski definition) is 6. The Hall–Kier alpha value is -3.85. The van der Waals surface area contributed by atoms with Crippen molar-refractivity contribution in [2.45, 2.75) is 38.8 Å². The summed E-state index contributed by atoms with van der Waals surface area (Å²) in [5, 5.41) is 14.4. The Labute approximate surface area is 202 Å². The highest BCUT2D eigenvalue weighted by molar-refractivity contribution is 5.97. The van der Waals surface area contributed by atoms with Crippen molar-refractivity contribution in [1.82, 2.24) is 30.8 Å². The highest BCUT2D eigenvalue weighted by Gasteiger charge is 2.18. The molecule has 3 N–H and O–H groups in total. The van der Waals surface area contributed by atoms with Gasteiger partial charge in [0.1, 0.15) is 23.3 Å². The number of amides is 1. The van der Waals surface area contributed by atoms with Crippen molar-refractivity contribution in [3.05, 3.63) is 60.2 Å². The lowest BCUT2D eigenvalue weighted by atomic mass is 9.99. The van der Waals surface area contributed by atoms with Gasteiger partial charge in [-0.3, -0.25) is 14.9 Å². The molecule has 0 saturated carbocycles. The monoisotopic (exact) mass is 474 g/mol. The number of carbonyl (C=O) groups is 1. The molecule has 180 valence electrons. The minimum atomic E-state index is -0.410. The first kappa shape index (κ1) is 22.9. The van der Waals surface area contributed by atoms with Crippen LogP contribution in [0.1, 0.15) is 37.0 Å². The molecule has 1 saturated heterocycles. The topological polar surface area (TPSA) is 105 Å². The number of piperidine rings is 1. The zero-order valence-electron chi connectivity index (χ0n) is 19.6. The Morgan fingerprint density at radius 3 is 2.89 bits per heavy atom. The molecule has 0 aliphatic carbocycles. The summed E-state index contributed by atoms with van der Waals surface area (Å²) in [7, 11) is 0. The number of rotatable bonds is 6. The Morgan fingerprint density at radius 1 is 1.20 bits per heavy atom. The van der Waals surface area contributed by atoms with Crippen LogP contribution < -0.4 is 15.4 Å². The summed E-state index contributed by atoms with van der Waals surface area (Å²) in [5.41, 5.74) is 3.29. The summed E-state index contributed by atoms with van der Waals surface area (Å²) in [6.07, 6.45) is 5.31. The maximum Gasteiger partial charge on any atom is 0.251 e. The summed E-state index contributed by atoms with van der Waals surface area (Å²) in [6, 6.07) is 9.84. The quantitative estimate of drug-likeness (QED) is 0.389. The molecule has 0 unspecified atom stereocenters. The highest BCUT2D eigenvalue weighted by Crippen LogP contribution is 2.32. The number of halogens is 1. The highest BCUT2D eigenvalue weighted by atomic mass is 19.1. The first-order chi connectivity index (χ1) is 17.0. The van der Waals surface area contributed by atoms with Gasteiger partial charge in [0.25, 0.3) is 5.91 Å². The second-order valence-electron chi connectivity index (χ2n) is 8.98. The van der Waals surface area contributed by atoms with E-state index in [2.05, 4.69) is 30.8 Å². The summed E-state index contributed by atoms with van der Waals surface area (Å²) in [5.74, 6) is -0.211. The van der Waals surface area contributed by atoms with E-state index in [0.717, 1.165) is 36.8 Å². The van der Waals surface area contributed by atoms with Gasteiger partial charge in [-0.2, -0.15) is 5.10 Å². The molecule has 2 aromatic carbocycles. The van der Waals surface area contributed by atoms with E-state index in [1.54, 1.807) is 24.5 Å². The van der Waals surface area contributed by atoms with E-state index in [0.29, 0.717) is 34.0 Å². The van der Waals surface area contributed by atoms with Gasteiger partial charge in [0.2, 0.25) is 5.88 Å². The van der Waals surface area contributed by atoms with Crippen LogP contribution in [0.25, 0.3) is 33.4 Å². The van der Waals surface area contributed by atoms with Gasteiger partial charge in [0.05, 0.1) is 17.9 Å². The van der Waals surface area contributed by atoms with Crippen molar-refractivity contribution < 1.29 is 13.9 Å². The SMILES string of the molecule is CC(C)NC(=O)c1ccc(F)c(-c2ccc3[nH]nc(-c4cncc(O[C@@H]5CCCNC5)n4)c3c2)c1. The summed E-state index contributed by atoms with van der Waals surface area (Å²) in [4.78, 5) is 21.4. The molecular formula is C26H27FN6O2. The molecule has 3 heterocycles. The van der Waals surface area contributed by atoms with Crippen LogP contribution in [0.5, 0.6) is 5.88 Å². The van der Waals surface area contributed by atoms with E-state index in [-0.39, 0.29) is 18.1 Å². The number of ether oxygens (including phenoxy) is 1. The molecule has 5 rings (SSSR count). The van der Waals surface area contributed by atoms with Crippen LogP contribution in [0.4, 0.5) is 4.39 Å². The molecule has 2 aromatic heterocycles. The van der Waals surface area contributed by atoms with E-state index in [1.165, 1.54) is 12.1 Å². The number of benzene rings is 2. The molecule has 4 aromatic rings.